The Balaban J connectivity index is 2.21. The number of unbranched alkanes of at least 4 members (excludes halogenated alkanes) is 3. The first-order valence-electron chi connectivity index (χ1n) is 6.15. The van der Waals surface area contributed by atoms with Crippen LogP contribution in [0.25, 0.3) is 0 Å². The van der Waals surface area contributed by atoms with Crippen LogP contribution in [-0.2, 0) is 11.3 Å². The minimum absolute atomic E-state index is 0.622. The van der Waals surface area contributed by atoms with Crippen LogP contribution in [0.1, 0.15) is 31.2 Å². The molecule has 0 atom stereocenters. The first kappa shape index (κ1) is 15.4. The molecule has 1 aromatic rings. The Morgan fingerprint density at radius 3 is 2.89 bits per heavy atom. The Labute approximate surface area is 123 Å². The summed E-state index contributed by atoms with van der Waals surface area (Å²) in [7, 11) is 1.62. The van der Waals surface area contributed by atoms with E-state index < -0.39 is 0 Å². The number of hydrogen-bond donors (Lipinski definition) is 0. The summed E-state index contributed by atoms with van der Waals surface area (Å²) in [5.41, 5.74) is 1.11. The van der Waals surface area contributed by atoms with Gasteiger partial charge in [0, 0.05) is 28.0 Å². The van der Waals surface area contributed by atoms with Gasteiger partial charge in [0.25, 0.3) is 0 Å². The second-order valence-electron chi connectivity index (χ2n) is 4.01. The van der Waals surface area contributed by atoms with Gasteiger partial charge in [0.2, 0.25) is 5.88 Å². The molecule has 0 spiro atoms. The van der Waals surface area contributed by atoms with Crippen molar-refractivity contribution < 1.29 is 9.47 Å². The number of aromatic nitrogens is 1. The topological polar surface area (TPSA) is 31.4 Å². The zero-order chi connectivity index (χ0) is 13.2. The Morgan fingerprint density at radius 2 is 2.22 bits per heavy atom. The van der Waals surface area contributed by atoms with Crippen molar-refractivity contribution >= 4 is 22.6 Å². The number of halogens is 1. The second-order valence-corrected chi connectivity index (χ2v) is 5.17. The van der Waals surface area contributed by atoms with Gasteiger partial charge in [0.15, 0.2) is 0 Å². The normalized spacial score (nSPS) is 10.3. The van der Waals surface area contributed by atoms with Crippen molar-refractivity contribution in [2.45, 2.75) is 32.3 Å². The van der Waals surface area contributed by atoms with E-state index in [1.165, 1.54) is 12.8 Å². The maximum Gasteiger partial charge on any atom is 0.213 e. The molecule has 100 valence electrons. The number of rotatable bonds is 9. The molecule has 1 heterocycles. The van der Waals surface area contributed by atoms with E-state index in [0.717, 1.165) is 28.6 Å². The van der Waals surface area contributed by atoms with E-state index in [1.807, 2.05) is 18.3 Å². The van der Waals surface area contributed by atoms with Gasteiger partial charge < -0.3 is 9.47 Å². The average Bonchev–Trinajstić information content (AvgIpc) is 2.39. The van der Waals surface area contributed by atoms with E-state index >= 15 is 0 Å². The van der Waals surface area contributed by atoms with E-state index in [0.29, 0.717) is 12.5 Å². The number of allylic oxidation sites excluding steroid dienone is 1. The summed E-state index contributed by atoms with van der Waals surface area (Å²) in [4.78, 5) is 4.18. The standard InChI is InChI=1S/C14H20INO2/c1-3-4-5-6-7-8-18-11-12-10-16-14(17-2)9-13(12)15/h3,9-10H,1,4-8,11H2,2H3. The van der Waals surface area contributed by atoms with Gasteiger partial charge in [-0.1, -0.05) is 12.5 Å². The molecule has 4 heteroatoms. The van der Waals surface area contributed by atoms with Crippen LogP contribution in [0.15, 0.2) is 24.9 Å². The van der Waals surface area contributed by atoms with E-state index in [4.69, 9.17) is 9.47 Å². The van der Waals surface area contributed by atoms with Crippen LogP contribution in [0, 0.1) is 3.57 Å². The van der Waals surface area contributed by atoms with Crippen LogP contribution in [0.4, 0.5) is 0 Å². The summed E-state index contributed by atoms with van der Waals surface area (Å²) >= 11 is 2.28. The van der Waals surface area contributed by atoms with E-state index in [9.17, 15) is 0 Å². The smallest absolute Gasteiger partial charge is 0.213 e. The van der Waals surface area contributed by atoms with Gasteiger partial charge in [-0.25, -0.2) is 4.98 Å². The second kappa shape index (κ2) is 9.33. The molecule has 0 amide bonds. The number of pyridine rings is 1. The summed E-state index contributed by atoms with van der Waals surface area (Å²) in [5.74, 6) is 0.646. The first-order chi connectivity index (χ1) is 8.77. The summed E-state index contributed by atoms with van der Waals surface area (Å²) in [6, 6.07) is 1.92. The van der Waals surface area contributed by atoms with Crippen molar-refractivity contribution in [2.75, 3.05) is 13.7 Å². The Bertz CT molecular complexity index is 369. The van der Waals surface area contributed by atoms with Gasteiger partial charge in [0.05, 0.1) is 13.7 Å². The Morgan fingerprint density at radius 1 is 1.39 bits per heavy atom. The molecule has 0 aliphatic rings. The molecular formula is C14H20INO2. The molecule has 1 aromatic heterocycles. The SMILES string of the molecule is C=CCCCCCOCc1cnc(OC)cc1I. The molecule has 0 bridgehead atoms. The van der Waals surface area contributed by atoms with Crippen molar-refractivity contribution in [1.82, 2.24) is 4.98 Å². The maximum atomic E-state index is 5.64. The zero-order valence-corrected chi connectivity index (χ0v) is 13.0. The molecular weight excluding hydrogens is 341 g/mol. The van der Waals surface area contributed by atoms with Crippen LogP contribution in [0.3, 0.4) is 0 Å². The highest BCUT2D eigenvalue weighted by atomic mass is 127. The highest BCUT2D eigenvalue weighted by Crippen LogP contribution is 2.17. The third-order valence-electron chi connectivity index (χ3n) is 2.57. The van der Waals surface area contributed by atoms with Gasteiger partial charge in [0.1, 0.15) is 0 Å². The zero-order valence-electron chi connectivity index (χ0n) is 10.8. The molecule has 0 unspecified atom stereocenters. The lowest BCUT2D eigenvalue weighted by Gasteiger charge is -2.07. The highest BCUT2D eigenvalue weighted by Gasteiger charge is 2.03. The maximum absolute atomic E-state index is 5.64. The van der Waals surface area contributed by atoms with Crippen LogP contribution >= 0.6 is 22.6 Å². The molecule has 0 fully saturated rings. The van der Waals surface area contributed by atoms with Crippen molar-refractivity contribution in [3.63, 3.8) is 0 Å². The fourth-order valence-electron chi connectivity index (χ4n) is 1.51. The van der Waals surface area contributed by atoms with Crippen LogP contribution in [0.5, 0.6) is 5.88 Å². The lowest BCUT2D eigenvalue weighted by atomic mass is 10.2. The Kier molecular flexibility index (Phi) is 8.00. The number of ether oxygens (including phenoxy) is 2. The summed E-state index contributed by atoms with van der Waals surface area (Å²) in [6.45, 7) is 5.14. The molecule has 1 rings (SSSR count). The summed E-state index contributed by atoms with van der Waals surface area (Å²) in [5, 5.41) is 0. The molecule has 0 N–H and O–H groups in total. The van der Waals surface area contributed by atoms with Gasteiger partial charge in [-0.3, -0.25) is 0 Å². The predicted molar refractivity (Wildman–Crippen MR) is 81.8 cm³/mol. The van der Waals surface area contributed by atoms with Crippen LogP contribution in [-0.4, -0.2) is 18.7 Å². The third kappa shape index (κ3) is 5.82. The molecule has 18 heavy (non-hydrogen) atoms. The van der Waals surface area contributed by atoms with Crippen molar-refractivity contribution in [3.05, 3.63) is 34.1 Å². The molecule has 0 aliphatic carbocycles. The van der Waals surface area contributed by atoms with Crippen molar-refractivity contribution in [2.24, 2.45) is 0 Å². The Hall–Kier alpha value is -0.620. The molecule has 0 radical (unpaired) electrons. The number of nitrogens with zero attached hydrogens (tertiary/aromatic N) is 1. The van der Waals surface area contributed by atoms with E-state index in [2.05, 4.69) is 34.2 Å². The summed E-state index contributed by atoms with van der Waals surface area (Å²) < 4.78 is 11.8. The molecule has 3 nitrogen and oxygen atoms in total. The van der Waals surface area contributed by atoms with Gasteiger partial charge >= 0.3 is 0 Å². The molecule has 0 saturated carbocycles. The predicted octanol–water partition coefficient (Wildman–Crippen LogP) is 3.96. The first-order valence-corrected chi connectivity index (χ1v) is 7.23. The van der Waals surface area contributed by atoms with Crippen LogP contribution in [0.2, 0.25) is 0 Å². The minimum Gasteiger partial charge on any atom is -0.481 e. The monoisotopic (exact) mass is 361 g/mol. The average molecular weight is 361 g/mol. The van der Waals surface area contributed by atoms with Gasteiger partial charge in [-0.2, -0.15) is 0 Å². The van der Waals surface area contributed by atoms with Crippen LogP contribution < -0.4 is 4.74 Å². The molecule has 0 aromatic carbocycles. The van der Waals surface area contributed by atoms with Gasteiger partial charge in [-0.15, -0.1) is 6.58 Å². The summed E-state index contributed by atoms with van der Waals surface area (Å²) in [6.07, 6.45) is 8.39. The quantitative estimate of drug-likeness (QED) is 0.379. The van der Waals surface area contributed by atoms with Crippen molar-refractivity contribution in [1.29, 1.82) is 0 Å². The number of hydrogen-bond acceptors (Lipinski definition) is 3. The molecule has 0 aliphatic heterocycles. The third-order valence-corrected chi connectivity index (χ3v) is 3.57. The number of methoxy groups -OCH3 is 1. The highest BCUT2D eigenvalue weighted by molar-refractivity contribution is 14.1. The lowest BCUT2D eigenvalue weighted by Crippen LogP contribution is -1.99. The fraction of sp³-hybridized carbons (Fsp3) is 0.500. The minimum atomic E-state index is 0.622. The van der Waals surface area contributed by atoms with Gasteiger partial charge in [-0.05, 0) is 41.9 Å². The molecule has 0 saturated heterocycles. The van der Waals surface area contributed by atoms with E-state index in [1.54, 1.807) is 7.11 Å². The lowest BCUT2D eigenvalue weighted by molar-refractivity contribution is 0.116. The van der Waals surface area contributed by atoms with E-state index in [-0.39, 0.29) is 0 Å². The largest absolute Gasteiger partial charge is 0.481 e. The van der Waals surface area contributed by atoms with Crippen molar-refractivity contribution in [3.8, 4) is 5.88 Å². The fourth-order valence-corrected chi connectivity index (χ4v) is 2.07.